The molecular weight excluding hydrogens is 278 g/mol. The lowest BCUT2D eigenvalue weighted by molar-refractivity contribution is 0.0952. The zero-order valence-electron chi connectivity index (χ0n) is 12.8. The summed E-state index contributed by atoms with van der Waals surface area (Å²) in [7, 11) is 1.83. The lowest BCUT2D eigenvalue weighted by Crippen LogP contribution is -2.23. The summed E-state index contributed by atoms with van der Waals surface area (Å²) in [6.07, 6.45) is 1.71. The SMILES string of the molecule is Cc1cc(C(=O)NCc2ccccn2)c2c(C)nn(C)c2n1. The summed E-state index contributed by atoms with van der Waals surface area (Å²) in [6.45, 7) is 4.15. The van der Waals surface area contributed by atoms with E-state index >= 15 is 0 Å². The van der Waals surface area contributed by atoms with Crippen LogP contribution in [0.1, 0.15) is 27.4 Å². The second kappa shape index (κ2) is 5.55. The minimum atomic E-state index is -0.141. The van der Waals surface area contributed by atoms with E-state index in [4.69, 9.17) is 0 Å². The lowest BCUT2D eigenvalue weighted by Gasteiger charge is -2.07. The molecule has 0 bridgehead atoms. The van der Waals surface area contributed by atoms with Gasteiger partial charge in [0.05, 0.1) is 28.9 Å². The lowest BCUT2D eigenvalue weighted by atomic mass is 10.1. The van der Waals surface area contributed by atoms with Crippen LogP contribution in [0.5, 0.6) is 0 Å². The molecular formula is C16H17N5O. The van der Waals surface area contributed by atoms with E-state index in [2.05, 4.69) is 20.4 Å². The van der Waals surface area contributed by atoms with Gasteiger partial charge in [0.25, 0.3) is 5.91 Å². The first-order chi connectivity index (χ1) is 10.6. The van der Waals surface area contributed by atoms with Crippen molar-refractivity contribution in [3.05, 3.63) is 53.1 Å². The van der Waals surface area contributed by atoms with Crippen molar-refractivity contribution in [1.29, 1.82) is 0 Å². The Hall–Kier alpha value is -2.76. The molecule has 3 aromatic rings. The van der Waals surface area contributed by atoms with Gasteiger partial charge in [0.15, 0.2) is 5.65 Å². The average molecular weight is 295 g/mol. The Morgan fingerprint density at radius 2 is 2.14 bits per heavy atom. The number of carbonyl (C=O) groups is 1. The smallest absolute Gasteiger partial charge is 0.252 e. The van der Waals surface area contributed by atoms with Crippen molar-refractivity contribution in [2.75, 3.05) is 0 Å². The van der Waals surface area contributed by atoms with E-state index < -0.39 is 0 Å². The minimum Gasteiger partial charge on any atom is -0.346 e. The van der Waals surface area contributed by atoms with Gasteiger partial charge in [-0.1, -0.05) is 6.07 Å². The number of pyridine rings is 2. The summed E-state index contributed by atoms with van der Waals surface area (Å²) in [4.78, 5) is 21.2. The molecule has 1 N–H and O–H groups in total. The molecule has 0 aromatic carbocycles. The molecule has 3 rings (SSSR count). The molecule has 0 saturated carbocycles. The van der Waals surface area contributed by atoms with Crippen LogP contribution in [-0.4, -0.2) is 25.7 Å². The normalized spacial score (nSPS) is 10.9. The molecule has 0 fully saturated rings. The van der Waals surface area contributed by atoms with Crippen molar-refractivity contribution in [3.8, 4) is 0 Å². The first kappa shape index (κ1) is 14.2. The summed E-state index contributed by atoms with van der Waals surface area (Å²) in [5, 5.41) is 8.06. The number of aromatic nitrogens is 4. The van der Waals surface area contributed by atoms with Gasteiger partial charge >= 0.3 is 0 Å². The molecule has 0 atom stereocenters. The predicted octanol–water partition coefficient (Wildman–Crippen LogP) is 1.91. The van der Waals surface area contributed by atoms with Crippen LogP contribution < -0.4 is 5.32 Å². The van der Waals surface area contributed by atoms with Gasteiger partial charge in [-0.25, -0.2) is 4.98 Å². The summed E-state index contributed by atoms with van der Waals surface area (Å²) in [5.41, 5.74) is 3.73. The predicted molar refractivity (Wildman–Crippen MR) is 83.4 cm³/mol. The van der Waals surface area contributed by atoms with Crippen LogP contribution >= 0.6 is 0 Å². The first-order valence-corrected chi connectivity index (χ1v) is 7.05. The Kier molecular flexibility index (Phi) is 3.58. The fourth-order valence-corrected chi connectivity index (χ4v) is 2.52. The van der Waals surface area contributed by atoms with E-state index in [1.807, 2.05) is 39.1 Å². The Morgan fingerprint density at radius 3 is 2.86 bits per heavy atom. The Labute approximate surface area is 128 Å². The zero-order valence-corrected chi connectivity index (χ0v) is 12.8. The number of nitrogens with zero attached hydrogens (tertiary/aromatic N) is 4. The molecule has 1 amide bonds. The van der Waals surface area contributed by atoms with E-state index in [1.54, 1.807) is 16.9 Å². The van der Waals surface area contributed by atoms with Crippen molar-refractivity contribution in [1.82, 2.24) is 25.1 Å². The molecule has 6 nitrogen and oxygen atoms in total. The van der Waals surface area contributed by atoms with Gasteiger partial charge in [-0.3, -0.25) is 14.5 Å². The molecule has 0 radical (unpaired) electrons. The van der Waals surface area contributed by atoms with Crippen molar-refractivity contribution in [3.63, 3.8) is 0 Å². The van der Waals surface area contributed by atoms with Crippen LogP contribution in [0.25, 0.3) is 11.0 Å². The maximum absolute atomic E-state index is 12.5. The van der Waals surface area contributed by atoms with Gasteiger partial charge < -0.3 is 5.32 Å². The standard InChI is InChI=1S/C16H17N5O/c1-10-8-13(14-11(2)20-21(3)15(14)19-10)16(22)18-9-12-6-4-5-7-17-12/h4-8H,9H2,1-3H3,(H,18,22). The maximum Gasteiger partial charge on any atom is 0.252 e. The largest absolute Gasteiger partial charge is 0.346 e. The van der Waals surface area contributed by atoms with Crippen LogP contribution in [0.2, 0.25) is 0 Å². The van der Waals surface area contributed by atoms with E-state index in [0.717, 1.165) is 28.1 Å². The van der Waals surface area contributed by atoms with Gasteiger partial charge in [0.1, 0.15) is 0 Å². The van der Waals surface area contributed by atoms with E-state index in [0.29, 0.717) is 12.1 Å². The molecule has 0 saturated heterocycles. The zero-order chi connectivity index (χ0) is 15.7. The van der Waals surface area contributed by atoms with Crippen LogP contribution in [-0.2, 0) is 13.6 Å². The molecule has 0 aliphatic carbocycles. The Morgan fingerprint density at radius 1 is 1.32 bits per heavy atom. The highest BCUT2D eigenvalue weighted by molar-refractivity contribution is 6.06. The summed E-state index contributed by atoms with van der Waals surface area (Å²) >= 11 is 0. The summed E-state index contributed by atoms with van der Waals surface area (Å²) < 4.78 is 1.70. The molecule has 0 aliphatic heterocycles. The molecule has 0 unspecified atom stereocenters. The third kappa shape index (κ3) is 2.55. The fraction of sp³-hybridized carbons (Fsp3) is 0.250. The highest BCUT2D eigenvalue weighted by atomic mass is 16.1. The Balaban J connectivity index is 1.94. The monoisotopic (exact) mass is 295 g/mol. The van der Waals surface area contributed by atoms with Crippen molar-refractivity contribution in [2.24, 2.45) is 7.05 Å². The fourth-order valence-electron chi connectivity index (χ4n) is 2.52. The maximum atomic E-state index is 12.5. The van der Waals surface area contributed by atoms with E-state index in [9.17, 15) is 4.79 Å². The highest BCUT2D eigenvalue weighted by Gasteiger charge is 2.17. The topological polar surface area (TPSA) is 72.7 Å². The van der Waals surface area contributed by atoms with Crippen molar-refractivity contribution in [2.45, 2.75) is 20.4 Å². The molecule has 6 heteroatoms. The number of nitrogens with one attached hydrogen (secondary N) is 1. The molecule has 112 valence electrons. The van der Waals surface area contributed by atoms with Crippen LogP contribution in [0.15, 0.2) is 30.5 Å². The average Bonchev–Trinajstić information content (AvgIpc) is 2.79. The second-order valence-corrected chi connectivity index (χ2v) is 5.22. The molecule has 0 spiro atoms. The molecule has 22 heavy (non-hydrogen) atoms. The number of hydrogen-bond acceptors (Lipinski definition) is 4. The summed E-state index contributed by atoms with van der Waals surface area (Å²) in [5.74, 6) is -0.141. The van der Waals surface area contributed by atoms with E-state index in [-0.39, 0.29) is 5.91 Å². The van der Waals surface area contributed by atoms with Crippen LogP contribution in [0.3, 0.4) is 0 Å². The Bertz CT molecular complexity index is 839. The van der Waals surface area contributed by atoms with Crippen molar-refractivity contribution < 1.29 is 4.79 Å². The first-order valence-electron chi connectivity index (χ1n) is 7.05. The van der Waals surface area contributed by atoms with Crippen LogP contribution in [0.4, 0.5) is 0 Å². The molecule has 3 heterocycles. The number of carbonyl (C=O) groups excluding carboxylic acids is 1. The van der Waals surface area contributed by atoms with Gasteiger partial charge in [-0.2, -0.15) is 5.10 Å². The van der Waals surface area contributed by atoms with Crippen molar-refractivity contribution >= 4 is 16.9 Å². The minimum absolute atomic E-state index is 0.141. The number of fused-ring (bicyclic) bond motifs is 1. The number of hydrogen-bond donors (Lipinski definition) is 1. The van der Waals surface area contributed by atoms with Crippen LogP contribution in [0, 0.1) is 13.8 Å². The molecule has 0 aliphatic rings. The third-order valence-corrected chi connectivity index (χ3v) is 3.50. The quantitative estimate of drug-likeness (QED) is 0.801. The number of aryl methyl sites for hydroxylation is 3. The summed E-state index contributed by atoms with van der Waals surface area (Å²) in [6, 6.07) is 7.42. The van der Waals surface area contributed by atoms with Gasteiger partial charge in [-0.05, 0) is 32.0 Å². The van der Waals surface area contributed by atoms with E-state index in [1.165, 1.54) is 0 Å². The molecule has 3 aromatic heterocycles. The number of rotatable bonds is 3. The third-order valence-electron chi connectivity index (χ3n) is 3.50. The second-order valence-electron chi connectivity index (χ2n) is 5.22. The van der Waals surface area contributed by atoms with Gasteiger partial charge in [0, 0.05) is 18.9 Å². The number of amides is 1. The van der Waals surface area contributed by atoms with Gasteiger partial charge in [-0.15, -0.1) is 0 Å². The van der Waals surface area contributed by atoms with Gasteiger partial charge in [0.2, 0.25) is 0 Å². The highest BCUT2D eigenvalue weighted by Crippen LogP contribution is 2.21.